The summed E-state index contributed by atoms with van der Waals surface area (Å²) in [5.74, 6) is 0.889. The van der Waals surface area contributed by atoms with Gasteiger partial charge in [0.15, 0.2) is 0 Å². The summed E-state index contributed by atoms with van der Waals surface area (Å²) < 4.78 is 1.15. The van der Waals surface area contributed by atoms with Crippen molar-refractivity contribution >= 4 is 21.6 Å². The van der Waals surface area contributed by atoms with Crippen molar-refractivity contribution in [2.24, 2.45) is 11.7 Å². The molecule has 0 heterocycles. The molecule has 94 valence electrons. The fourth-order valence-corrected chi connectivity index (χ4v) is 2.98. The standard InChI is InChI=1S/C14H21BrN2/c1-10(16)12-6-7-14(13(15)8-12)17(2)9-11-4-3-5-11/h6-8,10-11H,3-5,9,16H2,1-2H3. The maximum absolute atomic E-state index is 5.89. The third kappa shape index (κ3) is 3.02. The topological polar surface area (TPSA) is 29.3 Å². The van der Waals surface area contributed by atoms with Crippen molar-refractivity contribution in [3.63, 3.8) is 0 Å². The predicted molar refractivity (Wildman–Crippen MR) is 77.4 cm³/mol. The number of nitrogens with two attached hydrogens (primary N) is 1. The monoisotopic (exact) mass is 296 g/mol. The van der Waals surface area contributed by atoms with Crippen LogP contribution in [0.15, 0.2) is 22.7 Å². The number of halogens is 1. The molecule has 2 rings (SSSR count). The molecule has 1 atom stereocenters. The SMILES string of the molecule is CC(N)c1ccc(N(C)CC2CCC2)c(Br)c1. The van der Waals surface area contributed by atoms with Crippen LogP contribution in [0.1, 0.15) is 37.8 Å². The molecule has 1 aliphatic carbocycles. The molecule has 2 N–H and O–H groups in total. The molecule has 1 aromatic carbocycles. The van der Waals surface area contributed by atoms with E-state index in [9.17, 15) is 0 Å². The number of hydrogen-bond acceptors (Lipinski definition) is 2. The van der Waals surface area contributed by atoms with Gasteiger partial charge >= 0.3 is 0 Å². The molecule has 1 aliphatic rings. The molecule has 17 heavy (non-hydrogen) atoms. The summed E-state index contributed by atoms with van der Waals surface area (Å²) in [6.07, 6.45) is 4.18. The Kier molecular flexibility index (Phi) is 4.10. The summed E-state index contributed by atoms with van der Waals surface area (Å²) in [7, 11) is 2.17. The minimum absolute atomic E-state index is 0.0947. The summed E-state index contributed by atoms with van der Waals surface area (Å²) >= 11 is 3.65. The highest BCUT2D eigenvalue weighted by molar-refractivity contribution is 9.10. The average molecular weight is 297 g/mol. The molecule has 3 heteroatoms. The molecular weight excluding hydrogens is 276 g/mol. The first kappa shape index (κ1) is 12.9. The molecule has 1 fully saturated rings. The summed E-state index contributed by atoms with van der Waals surface area (Å²) in [5.41, 5.74) is 8.33. The first-order chi connectivity index (χ1) is 8.08. The Bertz CT molecular complexity index is 386. The van der Waals surface area contributed by atoms with E-state index in [-0.39, 0.29) is 6.04 Å². The number of anilines is 1. The molecule has 1 unspecified atom stereocenters. The van der Waals surface area contributed by atoms with E-state index in [1.807, 2.05) is 6.92 Å². The van der Waals surface area contributed by atoms with Crippen molar-refractivity contribution in [3.05, 3.63) is 28.2 Å². The molecular formula is C14H21BrN2. The molecule has 1 saturated carbocycles. The molecule has 0 spiro atoms. The zero-order valence-corrected chi connectivity index (χ0v) is 12.2. The number of hydrogen-bond donors (Lipinski definition) is 1. The van der Waals surface area contributed by atoms with Gasteiger partial charge in [0.25, 0.3) is 0 Å². The fourth-order valence-electron chi connectivity index (χ4n) is 2.28. The average Bonchev–Trinajstić information content (AvgIpc) is 2.22. The maximum Gasteiger partial charge on any atom is 0.0508 e. The van der Waals surface area contributed by atoms with E-state index in [1.165, 1.54) is 30.5 Å². The van der Waals surface area contributed by atoms with Crippen LogP contribution in [0.25, 0.3) is 0 Å². The number of nitrogens with zero attached hydrogens (tertiary/aromatic N) is 1. The molecule has 2 nitrogen and oxygen atoms in total. The molecule has 0 bridgehead atoms. The summed E-state index contributed by atoms with van der Waals surface area (Å²) in [4.78, 5) is 2.35. The summed E-state index contributed by atoms with van der Waals surface area (Å²) in [6, 6.07) is 6.53. The highest BCUT2D eigenvalue weighted by Crippen LogP contribution is 2.32. The van der Waals surface area contributed by atoms with Crippen LogP contribution in [0.3, 0.4) is 0 Å². The van der Waals surface area contributed by atoms with E-state index < -0.39 is 0 Å². The van der Waals surface area contributed by atoms with E-state index in [0.29, 0.717) is 0 Å². The van der Waals surface area contributed by atoms with Crippen LogP contribution < -0.4 is 10.6 Å². The van der Waals surface area contributed by atoms with Crippen molar-refractivity contribution in [2.45, 2.75) is 32.2 Å². The van der Waals surface area contributed by atoms with Gasteiger partial charge in [0.2, 0.25) is 0 Å². The predicted octanol–water partition coefficient (Wildman–Crippen LogP) is 3.71. The van der Waals surface area contributed by atoms with Crippen molar-refractivity contribution in [1.29, 1.82) is 0 Å². The highest BCUT2D eigenvalue weighted by atomic mass is 79.9. The van der Waals surface area contributed by atoms with Crippen molar-refractivity contribution < 1.29 is 0 Å². The van der Waals surface area contributed by atoms with Crippen molar-refractivity contribution in [1.82, 2.24) is 0 Å². The zero-order valence-electron chi connectivity index (χ0n) is 10.6. The van der Waals surface area contributed by atoms with Crippen molar-refractivity contribution in [2.75, 3.05) is 18.5 Å². The van der Waals surface area contributed by atoms with E-state index in [4.69, 9.17) is 5.73 Å². The first-order valence-electron chi connectivity index (χ1n) is 6.34. The van der Waals surface area contributed by atoms with E-state index >= 15 is 0 Å². The first-order valence-corrected chi connectivity index (χ1v) is 7.13. The smallest absolute Gasteiger partial charge is 0.0508 e. The minimum atomic E-state index is 0.0947. The second kappa shape index (κ2) is 5.40. The highest BCUT2D eigenvalue weighted by Gasteiger charge is 2.20. The Morgan fingerprint density at radius 2 is 2.18 bits per heavy atom. The van der Waals surface area contributed by atoms with Crippen LogP contribution in [0.2, 0.25) is 0 Å². The molecule has 0 saturated heterocycles. The van der Waals surface area contributed by atoms with E-state index in [1.54, 1.807) is 0 Å². The van der Waals surface area contributed by atoms with Gasteiger partial charge in [0.05, 0.1) is 5.69 Å². The lowest BCUT2D eigenvalue weighted by Crippen LogP contribution is -2.29. The van der Waals surface area contributed by atoms with Gasteiger partial charge in [-0.1, -0.05) is 12.5 Å². The minimum Gasteiger partial charge on any atom is -0.373 e. The second-order valence-corrected chi connectivity index (χ2v) is 6.03. The Morgan fingerprint density at radius 1 is 1.47 bits per heavy atom. The molecule has 0 aromatic heterocycles. The van der Waals surface area contributed by atoms with Gasteiger partial charge in [-0.2, -0.15) is 0 Å². The lowest BCUT2D eigenvalue weighted by molar-refractivity contribution is 0.321. The number of rotatable bonds is 4. The zero-order chi connectivity index (χ0) is 12.4. The Labute approximate surface area is 112 Å². The van der Waals surface area contributed by atoms with Crippen LogP contribution in [-0.2, 0) is 0 Å². The third-order valence-corrected chi connectivity index (χ3v) is 4.30. The van der Waals surface area contributed by atoms with Crippen LogP contribution in [-0.4, -0.2) is 13.6 Å². The molecule has 0 amide bonds. The quantitative estimate of drug-likeness (QED) is 0.918. The van der Waals surface area contributed by atoms with Gasteiger partial charge in [0.1, 0.15) is 0 Å². The number of benzene rings is 1. The summed E-state index contributed by atoms with van der Waals surface area (Å²) in [6.45, 7) is 3.18. The van der Waals surface area contributed by atoms with Gasteiger partial charge < -0.3 is 10.6 Å². The van der Waals surface area contributed by atoms with Gasteiger partial charge in [-0.15, -0.1) is 0 Å². The van der Waals surface area contributed by atoms with Gasteiger partial charge in [-0.3, -0.25) is 0 Å². The Morgan fingerprint density at radius 3 is 2.65 bits per heavy atom. The molecule has 1 aromatic rings. The van der Waals surface area contributed by atoms with E-state index in [0.717, 1.165) is 16.9 Å². The largest absolute Gasteiger partial charge is 0.373 e. The van der Waals surface area contributed by atoms with Gasteiger partial charge in [0, 0.05) is 24.1 Å². The third-order valence-electron chi connectivity index (χ3n) is 3.67. The molecule has 0 radical (unpaired) electrons. The lowest BCUT2D eigenvalue weighted by atomic mass is 9.85. The Balaban J connectivity index is 2.08. The van der Waals surface area contributed by atoms with Crippen molar-refractivity contribution in [3.8, 4) is 0 Å². The second-order valence-electron chi connectivity index (χ2n) is 5.18. The van der Waals surface area contributed by atoms with Crippen LogP contribution >= 0.6 is 15.9 Å². The van der Waals surface area contributed by atoms with Crippen LogP contribution in [0, 0.1) is 5.92 Å². The Hall–Kier alpha value is -0.540. The lowest BCUT2D eigenvalue weighted by Gasteiger charge is -2.32. The van der Waals surface area contributed by atoms with Crippen LogP contribution in [0.4, 0.5) is 5.69 Å². The fraction of sp³-hybridized carbons (Fsp3) is 0.571. The van der Waals surface area contributed by atoms with Crippen LogP contribution in [0.5, 0.6) is 0 Å². The maximum atomic E-state index is 5.89. The van der Waals surface area contributed by atoms with Gasteiger partial charge in [-0.25, -0.2) is 0 Å². The summed E-state index contributed by atoms with van der Waals surface area (Å²) in [5, 5.41) is 0. The normalized spacial score (nSPS) is 17.6. The van der Waals surface area contributed by atoms with Gasteiger partial charge in [-0.05, 0) is 59.3 Å². The molecule has 0 aliphatic heterocycles. The van der Waals surface area contributed by atoms with E-state index in [2.05, 4.69) is 46.1 Å².